The topological polar surface area (TPSA) is 63.7 Å². The average Bonchev–Trinajstić information content (AvgIpc) is 2.67. The minimum absolute atomic E-state index is 0.0595. The van der Waals surface area contributed by atoms with Crippen LogP contribution in [0.25, 0.3) is 0 Å². The van der Waals surface area contributed by atoms with Gasteiger partial charge in [-0.25, -0.2) is 8.42 Å². The van der Waals surface area contributed by atoms with Gasteiger partial charge in [-0.05, 0) is 61.1 Å². The largest absolute Gasteiger partial charge is 0.495 e. The second-order valence-corrected chi connectivity index (χ2v) is 8.61. The van der Waals surface area contributed by atoms with Crippen LogP contribution in [0, 0.1) is 0 Å². The van der Waals surface area contributed by atoms with E-state index in [4.69, 9.17) is 4.74 Å². The lowest BCUT2D eigenvalue weighted by Crippen LogP contribution is -2.37. The van der Waals surface area contributed by atoms with Crippen LogP contribution in [0.5, 0.6) is 5.75 Å². The van der Waals surface area contributed by atoms with Crippen LogP contribution in [0.4, 0.5) is 5.69 Å². The van der Waals surface area contributed by atoms with E-state index < -0.39 is 10.0 Å². The predicted molar refractivity (Wildman–Crippen MR) is 99.6 cm³/mol. The third-order valence-corrected chi connectivity index (χ3v) is 7.01. The molecular weight excluding hydrogens is 350 g/mol. The fraction of sp³-hybridized carbons (Fsp3) is 0.350. The second-order valence-electron chi connectivity index (χ2n) is 6.74. The Morgan fingerprint density at radius 2 is 1.77 bits per heavy atom. The number of ketones is 1. The first kappa shape index (κ1) is 17.1. The van der Waals surface area contributed by atoms with Gasteiger partial charge in [-0.3, -0.25) is 9.10 Å². The summed E-state index contributed by atoms with van der Waals surface area (Å²) in [6.07, 6.45) is 4.33. The molecule has 0 N–H and O–H groups in total. The van der Waals surface area contributed by atoms with Gasteiger partial charge in [0.05, 0.1) is 12.0 Å². The number of carbonyl (C=O) groups excluding carboxylic acids is 1. The molecule has 0 bridgehead atoms. The van der Waals surface area contributed by atoms with E-state index >= 15 is 0 Å². The summed E-state index contributed by atoms with van der Waals surface area (Å²) in [5.41, 5.74) is 3.11. The molecule has 1 heterocycles. The van der Waals surface area contributed by atoms with E-state index in [1.165, 1.54) is 17.0 Å². The summed E-state index contributed by atoms with van der Waals surface area (Å²) >= 11 is 0. The molecule has 2 aromatic carbocycles. The molecule has 0 aromatic heterocycles. The maximum atomic E-state index is 13.4. The lowest BCUT2D eigenvalue weighted by Gasteiger charge is -2.31. The highest BCUT2D eigenvalue weighted by atomic mass is 32.2. The number of carbonyl (C=O) groups is 1. The van der Waals surface area contributed by atoms with Gasteiger partial charge < -0.3 is 4.74 Å². The summed E-state index contributed by atoms with van der Waals surface area (Å²) in [7, 11) is -2.28. The van der Waals surface area contributed by atoms with Gasteiger partial charge in [-0.1, -0.05) is 12.1 Å². The van der Waals surface area contributed by atoms with Crippen molar-refractivity contribution >= 4 is 21.5 Å². The molecule has 4 rings (SSSR count). The van der Waals surface area contributed by atoms with Crippen LogP contribution in [0.2, 0.25) is 0 Å². The van der Waals surface area contributed by atoms with Gasteiger partial charge in [0.2, 0.25) is 0 Å². The Bertz CT molecular complexity index is 981. The summed E-state index contributed by atoms with van der Waals surface area (Å²) < 4.78 is 33.4. The van der Waals surface area contributed by atoms with Crippen LogP contribution >= 0.6 is 0 Å². The Balaban J connectivity index is 1.83. The number of nitrogens with zero attached hydrogens (tertiary/aromatic N) is 1. The summed E-state index contributed by atoms with van der Waals surface area (Å²) in [5.74, 6) is 0.341. The number of hydrogen-bond donors (Lipinski definition) is 0. The van der Waals surface area contributed by atoms with E-state index in [1.807, 2.05) is 6.07 Å². The molecule has 0 saturated carbocycles. The van der Waals surface area contributed by atoms with Crippen molar-refractivity contribution in [3.05, 3.63) is 53.1 Å². The lowest BCUT2D eigenvalue weighted by atomic mass is 9.92. The summed E-state index contributed by atoms with van der Waals surface area (Å²) in [6.45, 7) is 0.131. The van der Waals surface area contributed by atoms with Crippen molar-refractivity contribution < 1.29 is 17.9 Å². The molecule has 6 heteroatoms. The van der Waals surface area contributed by atoms with E-state index in [0.29, 0.717) is 17.0 Å². The number of benzene rings is 2. The van der Waals surface area contributed by atoms with E-state index in [-0.39, 0.29) is 23.6 Å². The van der Waals surface area contributed by atoms with Crippen molar-refractivity contribution in [1.82, 2.24) is 0 Å². The zero-order valence-electron chi connectivity index (χ0n) is 14.7. The number of aryl methyl sites for hydroxylation is 2. The molecule has 0 radical (unpaired) electrons. The molecule has 0 unspecified atom stereocenters. The Labute approximate surface area is 153 Å². The molecule has 2 aliphatic rings. The fourth-order valence-electron chi connectivity index (χ4n) is 3.86. The predicted octanol–water partition coefficient (Wildman–Crippen LogP) is 3.36. The van der Waals surface area contributed by atoms with Crippen LogP contribution in [0.1, 0.15) is 40.7 Å². The average molecular weight is 371 g/mol. The quantitative estimate of drug-likeness (QED) is 0.830. The lowest BCUT2D eigenvalue weighted by molar-refractivity contribution is 0.0981. The fourth-order valence-corrected chi connectivity index (χ4v) is 5.40. The first-order chi connectivity index (χ1) is 12.5. The van der Waals surface area contributed by atoms with Crippen LogP contribution in [-0.2, 0) is 22.9 Å². The van der Waals surface area contributed by atoms with E-state index in [9.17, 15) is 13.2 Å². The third kappa shape index (κ3) is 2.69. The molecular formula is C20H21NO4S. The zero-order valence-corrected chi connectivity index (χ0v) is 15.5. The smallest absolute Gasteiger partial charge is 0.264 e. The number of rotatable bonds is 3. The Morgan fingerprint density at radius 3 is 2.54 bits per heavy atom. The number of sulfonamides is 1. The number of Topliss-reactive ketones (excluding diaryl/α,β-unsaturated/α-hetero) is 1. The standard InChI is InChI=1S/C20H21NO4S/c1-25-19-8-4-7-17-18(22)11-12-21(20(17)19)26(23,24)16-10-9-14-5-2-3-6-15(14)13-16/h4,7-10,13H,2-3,5-6,11-12H2,1H3. The summed E-state index contributed by atoms with van der Waals surface area (Å²) in [4.78, 5) is 12.6. The molecule has 0 amide bonds. The number of hydrogen-bond acceptors (Lipinski definition) is 4. The maximum Gasteiger partial charge on any atom is 0.264 e. The normalized spacial score (nSPS) is 16.8. The van der Waals surface area contributed by atoms with Gasteiger partial charge in [-0.15, -0.1) is 0 Å². The number of ether oxygens (including phenoxy) is 1. The highest BCUT2D eigenvalue weighted by Crippen LogP contribution is 2.39. The number of para-hydroxylation sites is 1. The molecule has 5 nitrogen and oxygen atoms in total. The Hall–Kier alpha value is -2.34. The number of anilines is 1. The van der Waals surface area contributed by atoms with Crippen LogP contribution in [0.3, 0.4) is 0 Å². The van der Waals surface area contributed by atoms with Gasteiger partial charge in [0.25, 0.3) is 10.0 Å². The minimum atomic E-state index is -3.76. The van der Waals surface area contributed by atoms with Crippen molar-refractivity contribution in [2.75, 3.05) is 18.0 Å². The molecule has 26 heavy (non-hydrogen) atoms. The minimum Gasteiger partial charge on any atom is -0.495 e. The number of fused-ring (bicyclic) bond motifs is 2. The van der Waals surface area contributed by atoms with Crippen molar-refractivity contribution in [3.8, 4) is 5.75 Å². The summed E-state index contributed by atoms with van der Waals surface area (Å²) in [6, 6.07) is 10.5. The van der Waals surface area contributed by atoms with Crippen molar-refractivity contribution in [3.63, 3.8) is 0 Å². The Kier molecular flexibility index (Phi) is 4.23. The first-order valence-corrected chi connectivity index (χ1v) is 10.3. The van der Waals surface area contributed by atoms with Crippen molar-refractivity contribution in [2.24, 2.45) is 0 Å². The van der Waals surface area contributed by atoms with Gasteiger partial charge in [0.1, 0.15) is 11.4 Å². The first-order valence-electron chi connectivity index (χ1n) is 8.87. The van der Waals surface area contributed by atoms with Crippen LogP contribution in [0.15, 0.2) is 41.3 Å². The number of methoxy groups -OCH3 is 1. The van der Waals surface area contributed by atoms with Crippen molar-refractivity contribution in [2.45, 2.75) is 37.0 Å². The molecule has 1 aliphatic heterocycles. The van der Waals surface area contributed by atoms with Crippen molar-refractivity contribution in [1.29, 1.82) is 0 Å². The molecule has 0 fully saturated rings. The second kappa shape index (κ2) is 6.43. The van der Waals surface area contributed by atoms with Crippen LogP contribution in [-0.4, -0.2) is 27.9 Å². The summed E-state index contributed by atoms with van der Waals surface area (Å²) in [5, 5.41) is 0. The zero-order chi connectivity index (χ0) is 18.3. The van der Waals surface area contributed by atoms with Gasteiger partial charge in [0, 0.05) is 18.5 Å². The molecule has 0 saturated heterocycles. The molecule has 0 atom stereocenters. The molecule has 0 spiro atoms. The molecule has 136 valence electrons. The highest BCUT2D eigenvalue weighted by Gasteiger charge is 2.35. The van der Waals surface area contributed by atoms with Gasteiger partial charge in [0.15, 0.2) is 5.78 Å². The maximum absolute atomic E-state index is 13.4. The van der Waals surface area contributed by atoms with E-state index in [1.54, 1.807) is 30.3 Å². The van der Waals surface area contributed by atoms with E-state index in [0.717, 1.165) is 31.2 Å². The van der Waals surface area contributed by atoms with Crippen LogP contribution < -0.4 is 9.04 Å². The van der Waals surface area contributed by atoms with E-state index in [2.05, 4.69) is 0 Å². The monoisotopic (exact) mass is 371 g/mol. The van der Waals surface area contributed by atoms with Gasteiger partial charge >= 0.3 is 0 Å². The molecule has 1 aliphatic carbocycles. The highest BCUT2D eigenvalue weighted by molar-refractivity contribution is 7.92. The molecule has 2 aromatic rings. The van der Waals surface area contributed by atoms with Gasteiger partial charge in [-0.2, -0.15) is 0 Å². The third-order valence-electron chi connectivity index (χ3n) is 5.22. The Morgan fingerprint density at radius 1 is 1.00 bits per heavy atom. The SMILES string of the molecule is COc1cccc2c1N(S(=O)(=O)c1ccc3c(c1)CCCC3)CCC2=O.